The van der Waals surface area contributed by atoms with E-state index in [0.29, 0.717) is 19.0 Å². The zero-order chi connectivity index (χ0) is 22.0. The first-order valence-electron chi connectivity index (χ1n) is 10.3. The van der Waals surface area contributed by atoms with Crippen molar-refractivity contribution in [3.8, 4) is 0 Å². The third-order valence-corrected chi connectivity index (χ3v) is 5.80. The molecule has 0 radical (unpaired) electrons. The zero-order valence-electron chi connectivity index (χ0n) is 18.4. The van der Waals surface area contributed by atoms with Gasteiger partial charge in [-0.05, 0) is 43.3 Å². The smallest absolute Gasteiger partial charge is 0.238 e. The molecule has 0 aliphatic carbocycles. The van der Waals surface area contributed by atoms with Gasteiger partial charge in [-0.2, -0.15) is 0 Å². The van der Waals surface area contributed by atoms with Gasteiger partial charge >= 0.3 is 0 Å². The summed E-state index contributed by atoms with van der Waals surface area (Å²) in [5.41, 5.74) is 2.03. The number of nitrogens with two attached hydrogens (primary N) is 1. The predicted molar refractivity (Wildman–Crippen MR) is 138 cm³/mol. The minimum absolute atomic E-state index is 0. The SMILES string of the molecule is CCNC(=NCc1cccc(S(N)(=O)=O)c1)NCC(c1ccccc1)N(CC)CC.I. The minimum atomic E-state index is -3.73. The summed E-state index contributed by atoms with van der Waals surface area (Å²) in [5, 5.41) is 11.9. The average molecular weight is 560 g/mol. The molecule has 0 saturated carbocycles. The maximum absolute atomic E-state index is 11.6. The number of likely N-dealkylation sites (N-methyl/N-ethyl adjacent to an activating group) is 1. The Morgan fingerprint density at radius 3 is 2.29 bits per heavy atom. The van der Waals surface area contributed by atoms with Crippen molar-refractivity contribution < 1.29 is 8.42 Å². The fourth-order valence-corrected chi connectivity index (χ4v) is 3.91. The standard InChI is InChI=1S/C22H33N5O2S.HI/c1-4-24-22(25-16-18-11-10-14-20(15-18)30(23,28)29)26-17-21(27(5-2)6-3)19-12-8-7-9-13-19;/h7-15,21H,4-6,16-17H2,1-3H3,(H2,23,28,29)(H2,24,25,26);1H. The molecule has 2 aromatic carbocycles. The molecule has 0 aliphatic heterocycles. The number of hydrogen-bond acceptors (Lipinski definition) is 4. The lowest BCUT2D eigenvalue weighted by Gasteiger charge is -2.30. The number of nitrogens with zero attached hydrogens (tertiary/aromatic N) is 2. The van der Waals surface area contributed by atoms with Crippen LogP contribution in [0.2, 0.25) is 0 Å². The number of guanidine groups is 1. The third kappa shape index (κ3) is 8.76. The lowest BCUT2D eigenvalue weighted by Crippen LogP contribution is -2.43. The van der Waals surface area contributed by atoms with Gasteiger partial charge in [-0.15, -0.1) is 24.0 Å². The highest BCUT2D eigenvalue weighted by Gasteiger charge is 2.18. The van der Waals surface area contributed by atoms with Crippen molar-refractivity contribution in [3.63, 3.8) is 0 Å². The number of rotatable bonds is 10. The molecule has 31 heavy (non-hydrogen) atoms. The lowest BCUT2D eigenvalue weighted by atomic mass is 10.1. The molecule has 0 heterocycles. The Bertz CT molecular complexity index is 919. The second-order valence-electron chi connectivity index (χ2n) is 6.92. The summed E-state index contributed by atoms with van der Waals surface area (Å²) in [5.74, 6) is 0.687. The van der Waals surface area contributed by atoms with Crippen LogP contribution in [0, 0.1) is 0 Å². The summed E-state index contributed by atoms with van der Waals surface area (Å²) < 4.78 is 23.1. The van der Waals surface area contributed by atoms with Crippen LogP contribution >= 0.6 is 24.0 Å². The number of aliphatic imine (C=N–C) groups is 1. The highest BCUT2D eigenvalue weighted by molar-refractivity contribution is 14.0. The van der Waals surface area contributed by atoms with E-state index in [9.17, 15) is 8.42 Å². The van der Waals surface area contributed by atoms with Crippen molar-refractivity contribution in [1.29, 1.82) is 0 Å². The van der Waals surface area contributed by atoms with E-state index in [1.807, 2.05) is 19.1 Å². The molecule has 172 valence electrons. The molecule has 1 atom stereocenters. The molecule has 0 aromatic heterocycles. The molecule has 0 fully saturated rings. The van der Waals surface area contributed by atoms with Crippen LogP contribution in [0.3, 0.4) is 0 Å². The normalized spacial score (nSPS) is 12.9. The van der Waals surface area contributed by atoms with Gasteiger partial charge in [0.25, 0.3) is 0 Å². The van der Waals surface area contributed by atoms with E-state index < -0.39 is 10.0 Å². The van der Waals surface area contributed by atoms with Gasteiger partial charge in [-0.25, -0.2) is 18.5 Å². The first-order valence-corrected chi connectivity index (χ1v) is 11.9. The molecule has 0 spiro atoms. The molecule has 2 rings (SSSR count). The fourth-order valence-electron chi connectivity index (χ4n) is 3.32. The van der Waals surface area contributed by atoms with Gasteiger partial charge in [0.05, 0.1) is 17.5 Å². The van der Waals surface area contributed by atoms with Gasteiger partial charge < -0.3 is 10.6 Å². The van der Waals surface area contributed by atoms with Crippen LogP contribution < -0.4 is 15.8 Å². The van der Waals surface area contributed by atoms with Crippen molar-refractivity contribution in [2.24, 2.45) is 10.1 Å². The van der Waals surface area contributed by atoms with E-state index in [4.69, 9.17) is 5.14 Å². The molecule has 0 saturated heterocycles. The van der Waals surface area contributed by atoms with Crippen LogP contribution in [0.4, 0.5) is 0 Å². The molecular formula is C22H34IN5O2S. The summed E-state index contributed by atoms with van der Waals surface area (Å²) in [4.78, 5) is 7.12. The predicted octanol–water partition coefficient (Wildman–Crippen LogP) is 3.09. The van der Waals surface area contributed by atoms with E-state index >= 15 is 0 Å². The molecule has 0 bridgehead atoms. The van der Waals surface area contributed by atoms with E-state index in [1.165, 1.54) is 11.6 Å². The van der Waals surface area contributed by atoms with Crippen molar-refractivity contribution >= 4 is 40.0 Å². The Hall–Kier alpha value is -1.69. The number of benzene rings is 2. The van der Waals surface area contributed by atoms with Crippen molar-refractivity contribution in [1.82, 2.24) is 15.5 Å². The Morgan fingerprint density at radius 1 is 1.03 bits per heavy atom. The van der Waals surface area contributed by atoms with Crippen LogP contribution in [0.1, 0.15) is 37.9 Å². The van der Waals surface area contributed by atoms with Gasteiger partial charge in [0.15, 0.2) is 5.96 Å². The fraction of sp³-hybridized carbons (Fsp3) is 0.409. The second kappa shape index (κ2) is 13.7. The molecule has 4 N–H and O–H groups in total. The number of primary sulfonamides is 1. The first-order chi connectivity index (χ1) is 14.4. The van der Waals surface area contributed by atoms with E-state index in [1.54, 1.807) is 12.1 Å². The largest absolute Gasteiger partial charge is 0.357 e. The third-order valence-electron chi connectivity index (χ3n) is 4.89. The summed E-state index contributed by atoms with van der Waals surface area (Å²) in [6.07, 6.45) is 0. The zero-order valence-corrected chi connectivity index (χ0v) is 21.6. The molecule has 0 amide bonds. The lowest BCUT2D eigenvalue weighted by molar-refractivity contribution is 0.219. The Kier molecular flexibility index (Phi) is 12.1. The van der Waals surface area contributed by atoms with Crippen LogP contribution in [0.25, 0.3) is 0 Å². The number of hydrogen-bond donors (Lipinski definition) is 3. The van der Waals surface area contributed by atoms with Crippen molar-refractivity contribution in [2.75, 3.05) is 26.2 Å². The molecule has 0 aliphatic rings. The van der Waals surface area contributed by atoms with Crippen molar-refractivity contribution in [3.05, 3.63) is 65.7 Å². The summed E-state index contributed by atoms with van der Waals surface area (Å²) >= 11 is 0. The number of sulfonamides is 1. The summed E-state index contributed by atoms with van der Waals surface area (Å²) in [7, 11) is -3.73. The maximum atomic E-state index is 11.6. The molecule has 1 unspecified atom stereocenters. The Balaban J connectivity index is 0.00000480. The van der Waals surface area contributed by atoms with Crippen molar-refractivity contribution in [2.45, 2.75) is 38.3 Å². The molecule has 7 nitrogen and oxygen atoms in total. The second-order valence-corrected chi connectivity index (χ2v) is 8.48. The Labute approximate surface area is 203 Å². The summed E-state index contributed by atoms with van der Waals surface area (Å²) in [6.45, 7) is 10.0. The topological polar surface area (TPSA) is 99.8 Å². The van der Waals surface area contributed by atoms with Crippen LogP contribution in [0.15, 0.2) is 64.5 Å². The Morgan fingerprint density at radius 2 is 1.71 bits per heavy atom. The highest BCUT2D eigenvalue weighted by Crippen LogP contribution is 2.19. The van der Waals surface area contributed by atoms with Gasteiger partial charge in [0.2, 0.25) is 10.0 Å². The van der Waals surface area contributed by atoms with Gasteiger partial charge in [-0.3, -0.25) is 4.90 Å². The highest BCUT2D eigenvalue weighted by atomic mass is 127. The minimum Gasteiger partial charge on any atom is -0.357 e. The molecular weight excluding hydrogens is 525 g/mol. The first kappa shape index (κ1) is 27.3. The van der Waals surface area contributed by atoms with Crippen LogP contribution in [-0.4, -0.2) is 45.5 Å². The molecule has 2 aromatic rings. The summed E-state index contributed by atoms with van der Waals surface area (Å²) in [6, 6.07) is 17.2. The maximum Gasteiger partial charge on any atom is 0.238 e. The van der Waals surface area contributed by atoms with Crippen LogP contribution in [0.5, 0.6) is 0 Å². The monoisotopic (exact) mass is 559 g/mol. The van der Waals surface area contributed by atoms with E-state index in [-0.39, 0.29) is 34.9 Å². The number of nitrogens with one attached hydrogen (secondary N) is 2. The van der Waals surface area contributed by atoms with Gasteiger partial charge in [0, 0.05) is 13.1 Å². The van der Waals surface area contributed by atoms with Gasteiger partial charge in [-0.1, -0.05) is 56.3 Å². The molecule has 9 heteroatoms. The van der Waals surface area contributed by atoms with E-state index in [2.05, 4.69) is 58.6 Å². The number of halogens is 1. The van der Waals surface area contributed by atoms with Gasteiger partial charge in [0.1, 0.15) is 0 Å². The quantitative estimate of drug-likeness (QED) is 0.236. The van der Waals surface area contributed by atoms with Crippen LogP contribution in [-0.2, 0) is 16.6 Å². The average Bonchev–Trinajstić information content (AvgIpc) is 2.75. The van der Waals surface area contributed by atoms with E-state index in [0.717, 1.165) is 25.2 Å².